The van der Waals surface area contributed by atoms with Gasteiger partial charge < -0.3 is 0 Å². The minimum atomic E-state index is -2.15. The molecule has 0 fully saturated rings. The van der Waals surface area contributed by atoms with Crippen molar-refractivity contribution in [1.82, 2.24) is 0 Å². The van der Waals surface area contributed by atoms with E-state index in [0.717, 1.165) is 0 Å². The third-order valence-corrected chi connectivity index (χ3v) is 14.3. The Morgan fingerprint density at radius 1 is 0.362 bits per heavy atom. The molecule has 10 rings (SSSR count). The lowest BCUT2D eigenvalue weighted by Gasteiger charge is -2.26. The van der Waals surface area contributed by atoms with E-state index in [-0.39, 0.29) is 0 Å². The topological polar surface area (TPSA) is 0 Å². The van der Waals surface area contributed by atoms with Crippen LogP contribution in [0.5, 0.6) is 0 Å². The first-order valence-electron chi connectivity index (χ1n) is 16.6. The van der Waals surface area contributed by atoms with Gasteiger partial charge >= 0.3 is 0 Å². The van der Waals surface area contributed by atoms with Crippen molar-refractivity contribution in [3.8, 4) is 33.4 Å². The fourth-order valence-electron chi connectivity index (χ4n) is 8.64. The van der Waals surface area contributed by atoms with Gasteiger partial charge in [-0.15, -0.1) is 0 Å². The molecule has 0 bridgehead atoms. The first-order chi connectivity index (χ1) is 23.1. The number of benzene rings is 9. The van der Waals surface area contributed by atoms with Crippen LogP contribution in [0.15, 0.2) is 158 Å². The maximum atomic E-state index is 2.57. The van der Waals surface area contributed by atoms with E-state index in [1.165, 1.54) is 87.2 Å². The molecule has 0 nitrogen and oxygen atoms in total. The fraction of sp³-hybridized carbons (Fsp3) is 0.0435. The zero-order chi connectivity index (χ0) is 31.3. The molecule has 1 heteroatoms. The van der Waals surface area contributed by atoms with Gasteiger partial charge in [0.25, 0.3) is 0 Å². The van der Waals surface area contributed by atoms with Crippen molar-refractivity contribution < 1.29 is 0 Å². The first kappa shape index (κ1) is 26.7. The van der Waals surface area contributed by atoms with E-state index >= 15 is 0 Å². The molecular weight excluding hydrogens is 581 g/mol. The smallest absolute Gasteiger partial charge is 0.0616 e. The third kappa shape index (κ3) is 3.75. The summed E-state index contributed by atoms with van der Waals surface area (Å²) >= 11 is 0. The Labute approximate surface area is 275 Å². The summed E-state index contributed by atoms with van der Waals surface area (Å²) in [7, 11) is -2.15. The van der Waals surface area contributed by atoms with E-state index in [9.17, 15) is 0 Å². The van der Waals surface area contributed by atoms with Gasteiger partial charge in [-0.1, -0.05) is 159 Å². The van der Waals surface area contributed by atoms with Crippen molar-refractivity contribution in [2.45, 2.75) is 13.1 Å². The number of fused-ring (bicyclic) bond motifs is 9. The van der Waals surface area contributed by atoms with Crippen LogP contribution >= 0.6 is 0 Å². The molecule has 47 heavy (non-hydrogen) atoms. The summed E-state index contributed by atoms with van der Waals surface area (Å²) in [4.78, 5) is 0. The van der Waals surface area contributed by atoms with Crippen LogP contribution in [0.1, 0.15) is 0 Å². The predicted octanol–water partition coefficient (Wildman–Crippen LogP) is 11.6. The fourth-order valence-corrected chi connectivity index (χ4v) is 12.1. The average molecular weight is 613 g/mol. The van der Waals surface area contributed by atoms with E-state index in [4.69, 9.17) is 0 Å². The van der Waals surface area contributed by atoms with E-state index in [1.54, 1.807) is 10.4 Å². The molecule has 9 aromatic rings. The second-order valence-corrected chi connectivity index (χ2v) is 18.0. The summed E-state index contributed by atoms with van der Waals surface area (Å²) < 4.78 is 0. The van der Waals surface area contributed by atoms with Crippen LogP contribution in [-0.2, 0) is 0 Å². The molecular formula is C46H32Si. The quantitative estimate of drug-likeness (QED) is 0.135. The second-order valence-electron chi connectivity index (χ2n) is 13.7. The van der Waals surface area contributed by atoms with Gasteiger partial charge in [0, 0.05) is 0 Å². The van der Waals surface area contributed by atoms with Gasteiger partial charge in [0.2, 0.25) is 0 Å². The minimum Gasteiger partial charge on any atom is -0.0616 e. The molecule has 1 aliphatic heterocycles. The molecule has 0 aliphatic carbocycles. The SMILES string of the molecule is C[Si]1(C)c2cc3ccccc3cc2-c2ccc3c(-c4ccc5ccccc5c4)c4ccccc4c(-c4cccc5ccccc45)c3c21. The van der Waals surface area contributed by atoms with E-state index in [0.29, 0.717) is 0 Å². The summed E-state index contributed by atoms with van der Waals surface area (Å²) in [6, 6.07) is 59.3. The molecule has 1 aliphatic rings. The van der Waals surface area contributed by atoms with Gasteiger partial charge in [-0.3, -0.25) is 0 Å². The van der Waals surface area contributed by atoms with Gasteiger partial charge in [0.15, 0.2) is 0 Å². The predicted molar refractivity (Wildman–Crippen MR) is 207 cm³/mol. The highest BCUT2D eigenvalue weighted by atomic mass is 28.3. The average Bonchev–Trinajstić information content (AvgIpc) is 3.34. The highest BCUT2D eigenvalue weighted by Gasteiger charge is 2.40. The lowest BCUT2D eigenvalue weighted by molar-refractivity contribution is 1.68. The Morgan fingerprint density at radius 3 is 1.72 bits per heavy atom. The standard InChI is InChI=1S/C46H32Si/c1-47(2)42-28-33-16-6-5-15-32(33)27-41(42)39-24-25-40-43(34-23-22-29-12-3-4-14-31(29)26-34)37-19-9-10-20-38(37)44(45(40)46(39)47)36-21-11-17-30-13-7-8-18-35(30)36/h3-28H,1-2H3. The highest BCUT2D eigenvalue weighted by Crippen LogP contribution is 2.47. The Balaban J connectivity index is 1.43. The summed E-state index contributed by atoms with van der Waals surface area (Å²) in [5.41, 5.74) is 8.12. The Kier molecular flexibility index (Phi) is 5.54. The van der Waals surface area contributed by atoms with Gasteiger partial charge in [0.1, 0.15) is 8.07 Å². The largest absolute Gasteiger partial charge is 0.114 e. The lowest BCUT2D eigenvalue weighted by Crippen LogP contribution is -2.49. The normalized spacial score (nSPS) is 13.5. The Bertz CT molecular complexity index is 2760. The molecule has 1 heterocycles. The summed E-state index contributed by atoms with van der Waals surface area (Å²) in [5, 5.41) is 16.3. The summed E-state index contributed by atoms with van der Waals surface area (Å²) in [6.45, 7) is 5.15. The molecule has 0 atom stereocenters. The van der Waals surface area contributed by atoms with Crippen LogP contribution in [0.25, 0.3) is 87.2 Å². The molecule has 0 saturated heterocycles. The Morgan fingerprint density at radius 2 is 0.957 bits per heavy atom. The molecule has 220 valence electrons. The third-order valence-electron chi connectivity index (χ3n) is 10.8. The maximum Gasteiger partial charge on any atom is 0.114 e. The number of rotatable bonds is 2. The van der Waals surface area contributed by atoms with E-state index in [2.05, 4.69) is 171 Å². The van der Waals surface area contributed by atoms with E-state index < -0.39 is 8.07 Å². The molecule has 0 N–H and O–H groups in total. The van der Waals surface area contributed by atoms with Crippen LogP contribution in [0, 0.1) is 0 Å². The van der Waals surface area contributed by atoms with Crippen LogP contribution < -0.4 is 10.4 Å². The molecule has 0 radical (unpaired) electrons. The van der Waals surface area contributed by atoms with Crippen LogP contribution in [0.4, 0.5) is 0 Å². The first-order valence-corrected chi connectivity index (χ1v) is 19.6. The van der Waals surface area contributed by atoms with Gasteiger partial charge in [-0.2, -0.15) is 0 Å². The number of hydrogen-bond donors (Lipinski definition) is 0. The molecule has 0 amide bonds. The van der Waals surface area contributed by atoms with Crippen molar-refractivity contribution in [3.63, 3.8) is 0 Å². The van der Waals surface area contributed by atoms with Crippen molar-refractivity contribution in [2.75, 3.05) is 0 Å². The lowest BCUT2D eigenvalue weighted by atomic mass is 9.83. The van der Waals surface area contributed by atoms with Gasteiger partial charge in [-0.25, -0.2) is 0 Å². The van der Waals surface area contributed by atoms with Crippen LogP contribution in [0.2, 0.25) is 13.1 Å². The van der Waals surface area contributed by atoms with Crippen LogP contribution in [-0.4, -0.2) is 8.07 Å². The van der Waals surface area contributed by atoms with E-state index in [1.807, 2.05) is 0 Å². The zero-order valence-electron chi connectivity index (χ0n) is 26.5. The van der Waals surface area contributed by atoms with Gasteiger partial charge in [0.05, 0.1) is 0 Å². The summed E-state index contributed by atoms with van der Waals surface area (Å²) in [6.07, 6.45) is 0. The van der Waals surface area contributed by atoms with Gasteiger partial charge in [-0.05, 0) is 110 Å². The van der Waals surface area contributed by atoms with Crippen LogP contribution in [0.3, 0.4) is 0 Å². The summed E-state index contributed by atoms with van der Waals surface area (Å²) in [5.74, 6) is 0. The Hall–Kier alpha value is -5.50. The molecule has 0 aromatic heterocycles. The van der Waals surface area contributed by atoms with Crippen molar-refractivity contribution in [3.05, 3.63) is 158 Å². The monoisotopic (exact) mass is 612 g/mol. The highest BCUT2D eigenvalue weighted by molar-refractivity contribution is 7.05. The molecule has 9 aromatic carbocycles. The van der Waals surface area contributed by atoms with Crippen molar-refractivity contribution in [1.29, 1.82) is 0 Å². The second kappa shape index (κ2) is 9.75. The minimum absolute atomic E-state index is 1.27. The maximum absolute atomic E-state index is 2.57. The molecule has 0 saturated carbocycles. The molecule has 0 spiro atoms. The number of hydrogen-bond acceptors (Lipinski definition) is 0. The van der Waals surface area contributed by atoms with Crippen molar-refractivity contribution in [2.24, 2.45) is 0 Å². The van der Waals surface area contributed by atoms with Crippen molar-refractivity contribution >= 4 is 72.3 Å². The molecule has 0 unspecified atom stereocenters. The zero-order valence-corrected chi connectivity index (χ0v) is 27.5.